The normalized spacial score (nSPS) is 18.5. The van der Waals surface area contributed by atoms with Crippen molar-refractivity contribution in [3.63, 3.8) is 0 Å². The Morgan fingerprint density at radius 2 is 1.84 bits per heavy atom. The average molecular weight is 440 g/mol. The summed E-state index contributed by atoms with van der Waals surface area (Å²) in [5.41, 5.74) is -2.25. The summed E-state index contributed by atoms with van der Waals surface area (Å²) < 4.78 is 5.11. The van der Waals surface area contributed by atoms with Crippen LogP contribution in [-0.4, -0.2) is 64.2 Å². The van der Waals surface area contributed by atoms with Gasteiger partial charge in [-0.15, -0.1) is 0 Å². The van der Waals surface area contributed by atoms with Gasteiger partial charge in [0.05, 0.1) is 0 Å². The van der Waals surface area contributed by atoms with Crippen LogP contribution in [0.4, 0.5) is 4.79 Å². The van der Waals surface area contributed by atoms with Crippen molar-refractivity contribution in [2.45, 2.75) is 90.3 Å². The van der Waals surface area contributed by atoms with Crippen LogP contribution in [0.2, 0.25) is 0 Å². The number of aliphatic carboxylic acids is 1. The van der Waals surface area contributed by atoms with Crippen LogP contribution in [0.5, 0.6) is 0 Å². The molecule has 1 heterocycles. The summed E-state index contributed by atoms with van der Waals surface area (Å²) in [7, 11) is 0. The van der Waals surface area contributed by atoms with Gasteiger partial charge >= 0.3 is 12.1 Å². The molecule has 0 aromatic carbocycles. The summed E-state index contributed by atoms with van der Waals surface area (Å²) >= 11 is 0. The van der Waals surface area contributed by atoms with Gasteiger partial charge in [-0.25, -0.2) is 9.59 Å². The van der Waals surface area contributed by atoms with E-state index in [-0.39, 0.29) is 6.54 Å². The van der Waals surface area contributed by atoms with Crippen LogP contribution in [0.3, 0.4) is 0 Å². The molecular formula is C22H37N3O6. The number of hydrogen-bond acceptors (Lipinski definition) is 5. The molecule has 9 heteroatoms. The lowest BCUT2D eigenvalue weighted by Crippen LogP contribution is -2.57. The fourth-order valence-electron chi connectivity index (χ4n) is 3.24. The number of ether oxygens (including phenoxy) is 1. The number of nitrogens with one attached hydrogen (secondary N) is 2. The monoisotopic (exact) mass is 439 g/mol. The summed E-state index contributed by atoms with van der Waals surface area (Å²) in [4.78, 5) is 50.3. The zero-order valence-electron chi connectivity index (χ0n) is 19.3. The lowest BCUT2D eigenvalue weighted by Gasteiger charge is -2.29. The van der Waals surface area contributed by atoms with Crippen molar-refractivity contribution in [2.75, 3.05) is 13.1 Å². The van der Waals surface area contributed by atoms with E-state index in [1.807, 2.05) is 0 Å². The Hall–Kier alpha value is -2.58. The maximum absolute atomic E-state index is 12.8. The van der Waals surface area contributed by atoms with Crippen molar-refractivity contribution in [1.29, 1.82) is 0 Å². The molecule has 0 bridgehead atoms. The van der Waals surface area contributed by atoms with Crippen LogP contribution >= 0.6 is 0 Å². The number of alkyl carbamates (subject to hydrolysis) is 1. The van der Waals surface area contributed by atoms with Gasteiger partial charge in [-0.3, -0.25) is 9.59 Å². The topological polar surface area (TPSA) is 125 Å². The van der Waals surface area contributed by atoms with Gasteiger partial charge in [0.25, 0.3) is 0 Å². The summed E-state index contributed by atoms with van der Waals surface area (Å²) in [6, 6.07) is -0.778. The molecular weight excluding hydrogens is 402 g/mol. The quantitative estimate of drug-likeness (QED) is 0.355. The van der Waals surface area contributed by atoms with Gasteiger partial charge in [0, 0.05) is 6.54 Å². The highest BCUT2D eigenvalue weighted by atomic mass is 16.6. The third-order valence-corrected chi connectivity index (χ3v) is 4.91. The molecule has 0 aliphatic carbocycles. The second-order valence-corrected chi connectivity index (χ2v) is 9.00. The van der Waals surface area contributed by atoms with E-state index >= 15 is 0 Å². The minimum atomic E-state index is -1.56. The van der Waals surface area contributed by atoms with Gasteiger partial charge in [-0.05, 0) is 53.4 Å². The van der Waals surface area contributed by atoms with Gasteiger partial charge in [0.1, 0.15) is 18.2 Å². The van der Waals surface area contributed by atoms with E-state index in [1.54, 1.807) is 26.8 Å². The maximum atomic E-state index is 12.8. The number of carboxylic acids is 1. The molecule has 1 aliphatic rings. The van der Waals surface area contributed by atoms with Crippen LogP contribution in [-0.2, 0) is 19.1 Å². The second kappa shape index (κ2) is 11.7. The summed E-state index contributed by atoms with van der Waals surface area (Å²) in [5, 5.41) is 14.6. The first kappa shape index (κ1) is 26.5. The first-order valence-corrected chi connectivity index (χ1v) is 10.9. The molecule has 3 N–H and O–H groups in total. The zero-order chi connectivity index (χ0) is 23.7. The lowest BCUT2D eigenvalue weighted by molar-refractivity contribution is -0.146. The molecule has 0 aromatic rings. The third kappa shape index (κ3) is 8.98. The van der Waals surface area contributed by atoms with E-state index in [2.05, 4.69) is 17.6 Å². The standard InChI is InChI=1S/C22H37N3O6/c1-6-7-8-9-10-13-22(5,19(28)29)24-18(27)16-12-11-14-25(16)17(26)15-23-20(30)31-21(2,3)4/h10,13,16H,6-9,11-12,14-15H2,1-5H3,(H,23,30)(H,24,27)(H,28,29)/b13-10-. The van der Waals surface area contributed by atoms with Crippen molar-refractivity contribution in [3.8, 4) is 0 Å². The van der Waals surface area contributed by atoms with Crippen molar-refractivity contribution in [1.82, 2.24) is 15.5 Å². The number of nitrogens with zero attached hydrogens (tertiary/aromatic N) is 1. The molecule has 0 saturated carbocycles. The molecule has 1 rings (SSSR count). The van der Waals surface area contributed by atoms with Crippen molar-refractivity contribution < 1.29 is 29.0 Å². The average Bonchev–Trinajstić information content (AvgIpc) is 3.14. The molecule has 9 nitrogen and oxygen atoms in total. The number of allylic oxidation sites excluding steroid dienone is 1. The second-order valence-electron chi connectivity index (χ2n) is 9.00. The lowest BCUT2D eigenvalue weighted by atomic mass is 9.99. The number of hydrogen-bond donors (Lipinski definition) is 3. The molecule has 2 unspecified atom stereocenters. The van der Waals surface area contributed by atoms with Gasteiger partial charge in [-0.1, -0.05) is 31.9 Å². The highest BCUT2D eigenvalue weighted by Crippen LogP contribution is 2.19. The number of unbranched alkanes of at least 4 members (excludes halogenated alkanes) is 3. The first-order valence-electron chi connectivity index (χ1n) is 10.9. The van der Waals surface area contributed by atoms with E-state index in [9.17, 15) is 24.3 Å². The fraction of sp³-hybridized carbons (Fsp3) is 0.727. The van der Waals surface area contributed by atoms with Crippen LogP contribution in [0, 0.1) is 0 Å². The Kier molecular flexibility index (Phi) is 10.00. The SMILES string of the molecule is CCCCC/C=C\C(C)(NC(=O)C1CCCN1C(=O)CNC(=O)OC(C)(C)C)C(=O)O. The zero-order valence-corrected chi connectivity index (χ0v) is 19.3. The molecule has 1 aliphatic heterocycles. The minimum absolute atomic E-state index is 0.299. The molecule has 3 amide bonds. The number of rotatable bonds is 10. The van der Waals surface area contributed by atoms with E-state index < -0.39 is 41.1 Å². The van der Waals surface area contributed by atoms with Crippen molar-refractivity contribution in [2.24, 2.45) is 0 Å². The largest absolute Gasteiger partial charge is 0.479 e. The summed E-state index contributed by atoms with van der Waals surface area (Å²) in [5.74, 6) is -2.11. The first-order chi connectivity index (χ1) is 14.4. The third-order valence-electron chi connectivity index (χ3n) is 4.91. The van der Waals surface area contributed by atoms with E-state index in [0.717, 1.165) is 25.7 Å². The van der Waals surface area contributed by atoms with Crippen molar-refractivity contribution >= 4 is 23.9 Å². The highest BCUT2D eigenvalue weighted by Gasteiger charge is 2.39. The van der Waals surface area contributed by atoms with Crippen molar-refractivity contribution in [3.05, 3.63) is 12.2 Å². The number of carboxylic acid groups (broad SMARTS) is 1. The van der Waals surface area contributed by atoms with Gasteiger partial charge < -0.3 is 25.4 Å². The Morgan fingerprint density at radius 3 is 2.42 bits per heavy atom. The van der Waals surface area contributed by atoms with Crippen LogP contribution in [0.15, 0.2) is 12.2 Å². The molecule has 0 spiro atoms. The van der Waals surface area contributed by atoms with Crippen LogP contribution in [0.25, 0.3) is 0 Å². The Balaban J connectivity index is 2.72. The van der Waals surface area contributed by atoms with Gasteiger partial charge in [0.2, 0.25) is 11.8 Å². The van der Waals surface area contributed by atoms with Crippen LogP contribution in [0.1, 0.15) is 73.1 Å². The number of carbonyl (C=O) groups is 4. The highest BCUT2D eigenvalue weighted by molar-refractivity contribution is 5.94. The molecule has 1 saturated heterocycles. The summed E-state index contributed by atoms with van der Waals surface area (Å²) in [6.07, 6.45) is 7.40. The molecule has 1 fully saturated rings. The summed E-state index contributed by atoms with van der Waals surface area (Å²) in [6.45, 7) is 8.72. The molecule has 2 atom stereocenters. The number of carbonyl (C=O) groups excluding carboxylic acids is 3. The fourth-order valence-corrected chi connectivity index (χ4v) is 3.24. The van der Waals surface area contributed by atoms with Crippen LogP contribution < -0.4 is 10.6 Å². The Morgan fingerprint density at radius 1 is 1.16 bits per heavy atom. The Labute approximate surface area is 184 Å². The predicted molar refractivity (Wildman–Crippen MR) is 116 cm³/mol. The van der Waals surface area contributed by atoms with Gasteiger partial charge in [0.15, 0.2) is 5.54 Å². The molecule has 0 radical (unpaired) electrons. The van der Waals surface area contributed by atoms with E-state index in [1.165, 1.54) is 17.9 Å². The smallest absolute Gasteiger partial charge is 0.408 e. The number of amides is 3. The molecule has 31 heavy (non-hydrogen) atoms. The predicted octanol–water partition coefficient (Wildman–Crippen LogP) is 2.60. The van der Waals surface area contributed by atoms with E-state index in [0.29, 0.717) is 19.4 Å². The maximum Gasteiger partial charge on any atom is 0.408 e. The van der Waals surface area contributed by atoms with Gasteiger partial charge in [-0.2, -0.15) is 0 Å². The Bertz CT molecular complexity index is 685. The minimum Gasteiger partial charge on any atom is -0.479 e. The van der Waals surface area contributed by atoms with E-state index in [4.69, 9.17) is 4.74 Å². The molecule has 0 aromatic heterocycles. The molecule has 176 valence electrons. The number of likely N-dealkylation sites (tertiary alicyclic amines) is 1.